The lowest BCUT2D eigenvalue weighted by atomic mass is 9.80. The third-order valence-electron chi connectivity index (χ3n) is 9.40. The molecule has 1 aliphatic heterocycles. The first-order valence-corrected chi connectivity index (χ1v) is 16.9. The van der Waals surface area contributed by atoms with E-state index in [1.54, 1.807) is 47.4 Å². The van der Waals surface area contributed by atoms with Crippen LogP contribution >= 0.6 is 0 Å². The number of nitrogens with one attached hydrogen (secondary N) is 3. The number of rotatable bonds is 12. The zero-order chi connectivity index (χ0) is 35.1. The van der Waals surface area contributed by atoms with Gasteiger partial charge >= 0.3 is 18.0 Å². The summed E-state index contributed by atoms with van der Waals surface area (Å²) in [5.74, 6) is -2.05. The average molecular weight is 668 g/mol. The monoisotopic (exact) mass is 667 g/mol. The summed E-state index contributed by atoms with van der Waals surface area (Å²) in [6.45, 7) is 5.90. The third kappa shape index (κ3) is 8.10. The van der Waals surface area contributed by atoms with E-state index in [0.717, 1.165) is 35.3 Å². The molecule has 2 atom stereocenters. The van der Waals surface area contributed by atoms with E-state index in [1.165, 1.54) is 0 Å². The van der Waals surface area contributed by atoms with Gasteiger partial charge in [0.15, 0.2) is 0 Å². The molecule has 258 valence electrons. The molecule has 49 heavy (non-hydrogen) atoms. The topological polar surface area (TPSA) is 148 Å². The fourth-order valence-corrected chi connectivity index (χ4v) is 6.88. The number of carbonyl (C=O) groups excluding carboxylic acids is 4. The number of amides is 6. The van der Waals surface area contributed by atoms with Crippen LogP contribution < -0.4 is 16.0 Å². The molecule has 5 rings (SSSR count). The maximum absolute atomic E-state index is 14.4. The summed E-state index contributed by atoms with van der Waals surface area (Å²) in [6.07, 6.45) is 3.37. The number of benzene rings is 3. The van der Waals surface area contributed by atoms with Crippen LogP contribution in [0.15, 0.2) is 78.9 Å². The van der Waals surface area contributed by atoms with Crippen molar-refractivity contribution in [3.05, 3.63) is 95.6 Å². The first kappa shape index (κ1) is 35.1. The molecule has 1 saturated carbocycles. The maximum Gasteiger partial charge on any atom is 0.328 e. The molecule has 0 bridgehead atoms. The van der Waals surface area contributed by atoms with E-state index < -0.39 is 35.5 Å². The Morgan fingerprint density at radius 3 is 2.14 bits per heavy atom. The van der Waals surface area contributed by atoms with Gasteiger partial charge in [0.1, 0.15) is 11.6 Å². The van der Waals surface area contributed by atoms with Crippen molar-refractivity contribution in [2.45, 2.75) is 89.9 Å². The SMILES string of the molecule is Cc1ccccc1NC(=O)Nc1ccc(CN2C(=O)N([C@@H](CC(C)C)C(=O)N[C@H](CC(=O)O)c3ccccc3)C(=O)C23CCCCC3)cc1. The van der Waals surface area contributed by atoms with Crippen molar-refractivity contribution in [2.24, 2.45) is 5.92 Å². The Hall–Kier alpha value is -5.19. The Morgan fingerprint density at radius 2 is 1.51 bits per heavy atom. The lowest BCUT2D eigenvalue weighted by molar-refractivity contribution is -0.142. The number of hydrogen-bond donors (Lipinski definition) is 4. The number of aliphatic carboxylic acids is 1. The number of aryl methyl sites for hydroxylation is 1. The van der Waals surface area contributed by atoms with E-state index in [2.05, 4.69) is 16.0 Å². The first-order valence-electron chi connectivity index (χ1n) is 16.9. The number of hydrogen-bond acceptors (Lipinski definition) is 5. The minimum Gasteiger partial charge on any atom is -0.481 e. The van der Waals surface area contributed by atoms with Gasteiger partial charge in [0.25, 0.3) is 5.91 Å². The summed E-state index contributed by atoms with van der Waals surface area (Å²) in [5, 5.41) is 18.1. The first-order chi connectivity index (χ1) is 23.5. The smallest absolute Gasteiger partial charge is 0.328 e. The van der Waals surface area contributed by atoms with Crippen LogP contribution in [0.1, 0.15) is 81.5 Å². The van der Waals surface area contributed by atoms with Gasteiger partial charge in [0.2, 0.25) is 5.91 Å². The standard InChI is InChI=1S/C38H45N5O6/c1-25(2)22-32(34(46)40-31(23-33(44)45)28-13-6-4-7-14-28)43-35(47)38(20-10-5-11-21-38)42(37(43)49)24-27-16-18-29(19-17-27)39-36(48)41-30-15-9-8-12-26(30)3/h4,6-9,12-19,25,31-32H,5,10-11,20-24H2,1-3H3,(H,40,46)(H,44,45)(H2,39,41,48)/t31-,32+/m1/s1. The molecule has 2 fully saturated rings. The van der Waals surface area contributed by atoms with Crippen LogP contribution in [0, 0.1) is 12.8 Å². The maximum atomic E-state index is 14.4. The molecule has 11 heteroatoms. The zero-order valence-electron chi connectivity index (χ0n) is 28.3. The normalized spacial score (nSPS) is 16.8. The van der Waals surface area contributed by atoms with E-state index in [-0.39, 0.29) is 37.2 Å². The van der Waals surface area contributed by atoms with Crippen molar-refractivity contribution in [1.82, 2.24) is 15.1 Å². The molecule has 2 aliphatic rings. The molecular weight excluding hydrogens is 622 g/mol. The molecule has 1 aliphatic carbocycles. The Labute approximate surface area is 287 Å². The van der Waals surface area contributed by atoms with E-state index >= 15 is 0 Å². The number of carbonyl (C=O) groups is 5. The Bertz CT molecular complexity index is 1670. The molecule has 0 radical (unpaired) electrons. The van der Waals surface area contributed by atoms with Gasteiger partial charge in [-0.05, 0) is 67.0 Å². The van der Waals surface area contributed by atoms with Crippen molar-refractivity contribution in [3.63, 3.8) is 0 Å². The molecule has 1 heterocycles. The molecule has 6 amide bonds. The number of para-hydroxylation sites is 1. The quantitative estimate of drug-likeness (QED) is 0.155. The van der Waals surface area contributed by atoms with Crippen molar-refractivity contribution in [2.75, 3.05) is 10.6 Å². The minimum atomic E-state index is -1.11. The molecule has 4 N–H and O–H groups in total. The Morgan fingerprint density at radius 1 is 0.857 bits per heavy atom. The van der Waals surface area contributed by atoms with Gasteiger partial charge in [-0.3, -0.25) is 14.4 Å². The molecular formula is C38H45N5O6. The van der Waals surface area contributed by atoms with Crippen LogP contribution in [0.3, 0.4) is 0 Å². The summed E-state index contributed by atoms with van der Waals surface area (Å²) < 4.78 is 0. The second kappa shape index (κ2) is 15.4. The largest absolute Gasteiger partial charge is 0.481 e. The number of urea groups is 2. The van der Waals surface area contributed by atoms with Gasteiger partial charge in [0, 0.05) is 17.9 Å². The number of carboxylic acids is 1. The predicted molar refractivity (Wildman–Crippen MR) is 187 cm³/mol. The molecule has 0 aromatic heterocycles. The summed E-state index contributed by atoms with van der Waals surface area (Å²) >= 11 is 0. The highest BCUT2D eigenvalue weighted by Crippen LogP contribution is 2.43. The van der Waals surface area contributed by atoms with Crippen LogP contribution in [0.4, 0.5) is 21.0 Å². The Balaban J connectivity index is 1.37. The molecule has 1 saturated heterocycles. The fourth-order valence-electron chi connectivity index (χ4n) is 6.88. The molecule has 1 spiro atoms. The second-order valence-electron chi connectivity index (χ2n) is 13.4. The summed E-state index contributed by atoms with van der Waals surface area (Å²) in [7, 11) is 0. The van der Waals surface area contributed by atoms with Gasteiger partial charge in [-0.25, -0.2) is 14.5 Å². The van der Waals surface area contributed by atoms with Gasteiger partial charge < -0.3 is 26.0 Å². The molecule has 3 aromatic rings. The highest BCUT2D eigenvalue weighted by atomic mass is 16.4. The number of anilines is 2. The number of imide groups is 1. The van der Waals surface area contributed by atoms with Crippen molar-refractivity contribution in [3.8, 4) is 0 Å². The van der Waals surface area contributed by atoms with Crippen molar-refractivity contribution < 1.29 is 29.1 Å². The highest BCUT2D eigenvalue weighted by molar-refractivity contribution is 6.10. The van der Waals surface area contributed by atoms with E-state index in [1.807, 2.05) is 57.2 Å². The van der Waals surface area contributed by atoms with Crippen molar-refractivity contribution >= 4 is 41.2 Å². The summed E-state index contributed by atoms with van der Waals surface area (Å²) in [6, 6.07) is 20.6. The number of carboxylic acid groups (broad SMARTS) is 1. The second-order valence-corrected chi connectivity index (χ2v) is 13.4. The minimum absolute atomic E-state index is 0.0367. The van der Waals surface area contributed by atoms with Crippen molar-refractivity contribution in [1.29, 1.82) is 0 Å². The van der Waals surface area contributed by atoms with E-state index in [9.17, 15) is 29.1 Å². The van der Waals surface area contributed by atoms with Crippen LogP contribution in [-0.4, -0.2) is 56.3 Å². The van der Waals surface area contributed by atoms with Crippen LogP contribution in [0.2, 0.25) is 0 Å². The summed E-state index contributed by atoms with van der Waals surface area (Å²) in [4.78, 5) is 69.9. The predicted octanol–water partition coefficient (Wildman–Crippen LogP) is 6.85. The zero-order valence-corrected chi connectivity index (χ0v) is 28.3. The molecule has 3 aromatic carbocycles. The van der Waals surface area contributed by atoms with Crippen LogP contribution in [0.5, 0.6) is 0 Å². The molecule has 11 nitrogen and oxygen atoms in total. The average Bonchev–Trinajstić information content (AvgIpc) is 3.26. The number of nitrogens with zero attached hydrogens (tertiary/aromatic N) is 2. The van der Waals surface area contributed by atoms with Gasteiger partial charge in [0.05, 0.1) is 12.5 Å². The van der Waals surface area contributed by atoms with E-state index in [4.69, 9.17) is 0 Å². The van der Waals surface area contributed by atoms with Gasteiger partial charge in [-0.2, -0.15) is 0 Å². The summed E-state index contributed by atoms with van der Waals surface area (Å²) in [5.41, 5.74) is 2.53. The lowest BCUT2D eigenvalue weighted by Crippen LogP contribution is -2.53. The van der Waals surface area contributed by atoms with Crippen LogP contribution in [-0.2, 0) is 20.9 Å². The molecule has 0 unspecified atom stereocenters. The fraction of sp³-hybridized carbons (Fsp3) is 0.395. The van der Waals surface area contributed by atoms with E-state index in [0.29, 0.717) is 29.8 Å². The lowest BCUT2D eigenvalue weighted by Gasteiger charge is -2.38. The van der Waals surface area contributed by atoms with Crippen LogP contribution in [0.25, 0.3) is 0 Å². The third-order valence-corrected chi connectivity index (χ3v) is 9.40. The Kier molecular flexibility index (Phi) is 11.0. The van der Waals surface area contributed by atoms with Gasteiger partial charge in [-0.15, -0.1) is 0 Å². The highest BCUT2D eigenvalue weighted by Gasteiger charge is 2.59. The van der Waals surface area contributed by atoms with Gasteiger partial charge in [-0.1, -0.05) is 93.8 Å².